The standard InChI is InChI=1S/C14H19N3O2S/c1-4-19-13(18)10(2)11(3)16-17-14(20)15-12-8-6-5-7-9-12/h5-10H,4H2,1-3H3,(H2,15,17,20)/b16-11-. The molecule has 0 saturated heterocycles. The van der Waals surface area contributed by atoms with Crippen LogP contribution < -0.4 is 10.7 Å². The molecule has 0 aliphatic heterocycles. The highest BCUT2D eigenvalue weighted by atomic mass is 32.1. The summed E-state index contributed by atoms with van der Waals surface area (Å²) in [5.74, 6) is -0.695. The maximum atomic E-state index is 11.5. The van der Waals surface area contributed by atoms with Crippen LogP contribution in [0, 0.1) is 5.92 Å². The molecule has 0 fully saturated rings. The van der Waals surface area contributed by atoms with Crippen LogP contribution in [0.15, 0.2) is 35.4 Å². The highest BCUT2D eigenvalue weighted by Crippen LogP contribution is 2.05. The topological polar surface area (TPSA) is 62.7 Å². The van der Waals surface area contributed by atoms with Gasteiger partial charge < -0.3 is 10.1 Å². The molecule has 1 aromatic rings. The zero-order chi connectivity index (χ0) is 15.0. The lowest BCUT2D eigenvalue weighted by atomic mass is 10.1. The lowest BCUT2D eigenvalue weighted by Gasteiger charge is -2.11. The molecular formula is C14H19N3O2S. The normalized spacial score (nSPS) is 12.4. The van der Waals surface area contributed by atoms with Crippen molar-refractivity contribution in [2.24, 2.45) is 11.0 Å². The minimum atomic E-state index is -0.401. The number of hydrazone groups is 1. The van der Waals surface area contributed by atoms with Gasteiger partial charge in [0.05, 0.1) is 12.5 Å². The Balaban J connectivity index is 2.50. The second-order valence-corrected chi connectivity index (χ2v) is 4.57. The number of para-hydroxylation sites is 1. The van der Waals surface area contributed by atoms with Crippen molar-refractivity contribution < 1.29 is 9.53 Å². The van der Waals surface area contributed by atoms with Gasteiger partial charge >= 0.3 is 5.97 Å². The summed E-state index contributed by atoms with van der Waals surface area (Å²) in [6.45, 7) is 5.62. The molecule has 6 heteroatoms. The largest absolute Gasteiger partial charge is 0.465 e. The first-order valence-corrected chi connectivity index (χ1v) is 6.78. The van der Waals surface area contributed by atoms with Gasteiger partial charge in [-0.05, 0) is 45.1 Å². The van der Waals surface area contributed by atoms with Crippen molar-refractivity contribution in [2.45, 2.75) is 20.8 Å². The van der Waals surface area contributed by atoms with E-state index in [1.54, 1.807) is 20.8 Å². The average Bonchev–Trinajstić information content (AvgIpc) is 2.45. The molecule has 0 saturated carbocycles. The van der Waals surface area contributed by atoms with Crippen molar-refractivity contribution in [1.29, 1.82) is 0 Å². The van der Waals surface area contributed by atoms with Gasteiger partial charge in [-0.2, -0.15) is 5.10 Å². The van der Waals surface area contributed by atoms with Crippen molar-refractivity contribution in [2.75, 3.05) is 11.9 Å². The van der Waals surface area contributed by atoms with Crippen molar-refractivity contribution in [3.63, 3.8) is 0 Å². The van der Waals surface area contributed by atoms with E-state index in [2.05, 4.69) is 15.8 Å². The number of nitrogens with one attached hydrogen (secondary N) is 2. The van der Waals surface area contributed by atoms with Gasteiger partial charge in [-0.15, -0.1) is 0 Å². The number of thiocarbonyl (C=S) groups is 1. The maximum Gasteiger partial charge on any atom is 0.314 e. The van der Waals surface area contributed by atoms with Crippen molar-refractivity contribution in [1.82, 2.24) is 5.43 Å². The van der Waals surface area contributed by atoms with Crippen LogP contribution in [0.2, 0.25) is 0 Å². The summed E-state index contributed by atoms with van der Waals surface area (Å²) in [5, 5.41) is 7.44. The van der Waals surface area contributed by atoms with E-state index in [1.807, 2.05) is 30.3 Å². The maximum absolute atomic E-state index is 11.5. The first-order chi connectivity index (χ1) is 9.54. The molecule has 1 aromatic carbocycles. The van der Waals surface area contributed by atoms with Gasteiger partial charge in [0.2, 0.25) is 0 Å². The van der Waals surface area contributed by atoms with E-state index in [0.29, 0.717) is 17.4 Å². The predicted octanol–water partition coefficient (Wildman–Crippen LogP) is 2.55. The summed E-state index contributed by atoms with van der Waals surface area (Å²) in [4.78, 5) is 11.5. The molecule has 1 unspecified atom stereocenters. The lowest BCUT2D eigenvalue weighted by molar-refractivity contribution is -0.145. The van der Waals surface area contributed by atoms with Crippen molar-refractivity contribution in [3.05, 3.63) is 30.3 Å². The van der Waals surface area contributed by atoms with E-state index in [0.717, 1.165) is 5.69 Å². The molecule has 1 rings (SSSR count). The highest BCUT2D eigenvalue weighted by Gasteiger charge is 2.17. The highest BCUT2D eigenvalue weighted by molar-refractivity contribution is 7.80. The Labute approximate surface area is 124 Å². The molecular weight excluding hydrogens is 274 g/mol. The van der Waals surface area contributed by atoms with E-state index < -0.39 is 5.92 Å². The molecule has 0 aliphatic carbocycles. The van der Waals surface area contributed by atoms with Crippen LogP contribution in [0.1, 0.15) is 20.8 Å². The number of esters is 1. The fraction of sp³-hybridized carbons (Fsp3) is 0.357. The van der Waals surface area contributed by atoms with Crippen LogP contribution in [-0.2, 0) is 9.53 Å². The summed E-state index contributed by atoms with van der Waals surface area (Å²) >= 11 is 5.11. The zero-order valence-corrected chi connectivity index (χ0v) is 12.7. The molecule has 0 aromatic heterocycles. The Morgan fingerprint density at radius 3 is 2.65 bits per heavy atom. The van der Waals surface area contributed by atoms with Crippen molar-refractivity contribution >= 4 is 34.7 Å². The van der Waals surface area contributed by atoms with Crippen LogP contribution in [0.5, 0.6) is 0 Å². The van der Waals surface area contributed by atoms with Gasteiger partial charge in [0.15, 0.2) is 5.11 Å². The third-order valence-corrected chi connectivity index (χ3v) is 2.83. The van der Waals surface area contributed by atoms with Gasteiger partial charge in [0.1, 0.15) is 0 Å². The minimum absolute atomic E-state index is 0.294. The molecule has 20 heavy (non-hydrogen) atoms. The molecule has 0 amide bonds. The quantitative estimate of drug-likeness (QED) is 0.378. The predicted molar refractivity (Wildman–Crippen MR) is 84.7 cm³/mol. The minimum Gasteiger partial charge on any atom is -0.465 e. The van der Waals surface area contributed by atoms with Crippen molar-refractivity contribution in [3.8, 4) is 0 Å². The van der Waals surface area contributed by atoms with Gasteiger partial charge in [-0.1, -0.05) is 18.2 Å². The van der Waals surface area contributed by atoms with Crippen LogP contribution in [0.25, 0.3) is 0 Å². The second-order valence-electron chi connectivity index (χ2n) is 4.16. The number of hydrogen-bond donors (Lipinski definition) is 2. The van der Waals surface area contributed by atoms with Gasteiger partial charge in [0.25, 0.3) is 0 Å². The van der Waals surface area contributed by atoms with E-state index in [4.69, 9.17) is 17.0 Å². The van der Waals surface area contributed by atoms with Gasteiger partial charge in [0, 0.05) is 11.4 Å². The number of nitrogens with zero attached hydrogens (tertiary/aromatic N) is 1. The van der Waals surface area contributed by atoms with Crippen LogP contribution >= 0.6 is 12.2 Å². The van der Waals surface area contributed by atoms with Crippen LogP contribution in [-0.4, -0.2) is 23.4 Å². The molecule has 0 aliphatic rings. The first-order valence-electron chi connectivity index (χ1n) is 6.37. The molecule has 5 nitrogen and oxygen atoms in total. The third kappa shape index (κ3) is 5.36. The van der Waals surface area contributed by atoms with Crippen LogP contribution in [0.4, 0.5) is 5.69 Å². The number of rotatable bonds is 5. The second kappa shape index (κ2) is 8.27. The molecule has 0 spiro atoms. The number of benzene rings is 1. The molecule has 108 valence electrons. The third-order valence-electron chi connectivity index (χ3n) is 2.63. The monoisotopic (exact) mass is 293 g/mol. The van der Waals surface area contributed by atoms with Gasteiger partial charge in [-0.3, -0.25) is 10.2 Å². The fourth-order valence-corrected chi connectivity index (χ4v) is 1.52. The summed E-state index contributed by atoms with van der Waals surface area (Å²) in [7, 11) is 0. The molecule has 2 N–H and O–H groups in total. The number of carbonyl (C=O) groups excluding carboxylic acids is 1. The first kappa shape index (κ1) is 16.1. The van der Waals surface area contributed by atoms with E-state index in [9.17, 15) is 4.79 Å². The van der Waals surface area contributed by atoms with Gasteiger partial charge in [-0.25, -0.2) is 0 Å². The Bertz CT molecular complexity index is 488. The molecule has 1 atom stereocenters. The van der Waals surface area contributed by atoms with E-state index in [-0.39, 0.29) is 5.97 Å². The average molecular weight is 293 g/mol. The SMILES string of the molecule is CCOC(=O)C(C)/C(C)=N\NC(=S)Nc1ccccc1. The molecule has 0 radical (unpaired) electrons. The van der Waals surface area contributed by atoms with Crippen LogP contribution in [0.3, 0.4) is 0 Å². The lowest BCUT2D eigenvalue weighted by Crippen LogP contribution is -2.28. The van der Waals surface area contributed by atoms with E-state index >= 15 is 0 Å². The number of ether oxygens (including phenoxy) is 1. The number of carbonyl (C=O) groups is 1. The molecule has 0 bridgehead atoms. The Morgan fingerprint density at radius 2 is 2.05 bits per heavy atom. The summed E-state index contributed by atoms with van der Waals surface area (Å²) in [6.07, 6.45) is 0. The zero-order valence-electron chi connectivity index (χ0n) is 11.8. The Kier molecular flexibility index (Phi) is 6.66. The van der Waals surface area contributed by atoms with E-state index in [1.165, 1.54) is 0 Å². The number of hydrogen-bond acceptors (Lipinski definition) is 4. The Hall–Kier alpha value is -1.95. The number of anilines is 1. The Morgan fingerprint density at radius 1 is 1.40 bits per heavy atom. The summed E-state index contributed by atoms with van der Waals surface area (Å²) in [6, 6.07) is 9.52. The smallest absolute Gasteiger partial charge is 0.314 e. The fourth-order valence-electron chi connectivity index (χ4n) is 1.35. The summed E-state index contributed by atoms with van der Waals surface area (Å²) < 4.78 is 4.93. The molecule has 0 heterocycles. The summed E-state index contributed by atoms with van der Waals surface area (Å²) in [5.41, 5.74) is 4.19.